The molecule has 0 atom stereocenters. The molecule has 0 fully saturated rings. The average molecular weight is 361 g/mol. The van der Waals surface area contributed by atoms with Crippen LogP contribution in [0.15, 0.2) is 34.9 Å². The number of furan rings is 1. The molecule has 1 aromatic carbocycles. The molecule has 6 nitrogen and oxygen atoms in total. The highest BCUT2D eigenvalue weighted by molar-refractivity contribution is 6.32. The van der Waals surface area contributed by atoms with Gasteiger partial charge in [0.15, 0.2) is 11.5 Å². The van der Waals surface area contributed by atoms with Crippen LogP contribution < -0.4 is 9.47 Å². The van der Waals surface area contributed by atoms with Crippen molar-refractivity contribution in [1.29, 1.82) is 5.26 Å². The van der Waals surface area contributed by atoms with Crippen molar-refractivity contribution in [2.45, 2.75) is 19.4 Å². The maximum Gasteiger partial charge on any atom is 0.227 e. The monoisotopic (exact) mass is 360 g/mol. The number of carbonyl (C=O) groups excluding carboxylic acids is 1. The molecule has 0 spiro atoms. The van der Waals surface area contributed by atoms with Crippen molar-refractivity contribution in [3.8, 4) is 17.6 Å². The van der Waals surface area contributed by atoms with Gasteiger partial charge in [0.25, 0.3) is 0 Å². The van der Waals surface area contributed by atoms with Crippen LogP contribution in [0.4, 0.5) is 0 Å². The van der Waals surface area contributed by atoms with Crippen molar-refractivity contribution in [3.63, 3.8) is 0 Å². The zero-order valence-electron chi connectivity index (χ0n) is 13.5. The van der Waals surface area contributed by atoms with Gasteiger partial charge in [0.05, 0.1) is 36.7 Å². The molecule has 0 saturated heterocycles. The van der Waals surface area contributed by atoms with Crippen LogP contribution >= 0.6 is 11.6 Å². The topological polar surface area (TPSA) is 75.7 Å². The number of hydrogen-bond acceptors (Lipinski definition) is 5. The molecule has 25 heavy (non-hydrogen) atoms. The van der Waals surface area contributed by atoms with Crippen molar-refractivity contribution in [1.82, 2.24) is 4.90 Å². The van der Waals surface area contributed by atoms with Gasteiger partial charge in [0, 0.05) is 6.54 Å². The van der Waals surface area contributed by atoms with Crippen LogP contribution in [-0.4, -0.2) is 30.6 Å². The van der Waals surface area contributed by atoms with Crippen LogP contribution in [0.25, 0.3) is 0 Å². The first-order valence-corrected chi connectivity index (χ1v) is 8.30. The van der Waals surface area contributed by atoms with Crippen molar-refractivity contribution < 1.29 is 18.7 Å². The van der Waals surface area contributed by atoms with E-state index in [1.165, 1.54) is 0 Å². The maximum atomic E-state index is 12.7. The second kappa shape index (κ2) is 7.95. The van der Waals surface area contributed by atoms with Crippen LogP contribution in [-0.2, 0) is 17.8 Å². The molecule has 2 heterocycles. The number of rotatable bonds is 6. The first-order chi connectivity index (χ1) is 12.2. The zero-order valence-corrected chi connectivity index (χ0v) is 14.3. The van der Waals surface area contributed by atoms with Gasteiger partial charge in [0.2, 0.25) is 5.91 Å². The number of hydrogen-bond donors (Lipinski definition) is 0. The van der Waals surface area contributed by atoms with Crippen molar-refractivity contribution in [2.24, 2.45) is 0 Å². The van der Waals surface area contributed by atoms with Crippen LogP contribution in [0.3, 0.4) is 0 Å². The Morgan fingerprint density at radius 1 is 1.32 bits per heavy atom. The number of nitrogens with zero attached hydrogens (tertiary/aromatic N) is 2. The van der Waals surface area contributed by atoms with E-state index in [9.17, 15) is 4.79 Å². The Labute approximate surface area is 150 Å². The fourth-order valence-electron chi connectivity index (χ4n) is 2.62. The summed E-state index contributed by atoms with van der Waals surface area (Å²) in [5.41, 5.74) is 0.737. The van der Waals surface area contributed by atoms with E-state index in [2.05, 4.69) is 6.07 Å². The molecule has 0 aliphatic carbocycles. The van der Waals surface area contributed by atoms with Crippen LogP contribution in [0.2, 0.25) is 5.02 Å². The largest absolute Gasteiger partial charge is 0.486 e. The van der Waals surface area contributed by atoms with Gasteiger partial charge < -0.3 is 18.8 Å². The van der Waals surface area contributed by atoms with Gasteiger partial charge in [-0.2, -0.15) is 5.26 Å². The lowest BCUT2D eigenvalue weighted by atomic mass is 10.1. The lowest BCUT2D eigenvalue weighted by Crippen LogP contribution is -2.32. The molecule has 7 heteroatoms. The number of halogens is 1. The molecule has 0 N–H and O–H groups in total. The minimum atomic E-state index is -0.112. The maximum absolute atomic E-state index is 12.7. The molecule has 130 valence electrons. The van der Waals surface area contributed by atoms with E-state index in [-0.39, 0.29) is 18.7 Å². The van der Waals surface area contributed by atoms with Gasteiger partial charge in [-0.05, 0) is 29.8 Å². The fraction of sp³-hybridized carbons (Fsp3) is 0.333. The van der Waals surface area contributed by atoms with Gasteiger partial charge in [-0.3, -0.25) is 4.79 Å². The minimum absolute atomic E-state index is 0.112. The van der Waals surface area contributed by atoms with Gasteiger partial charge in [-0.1, -0.05) is 11.6 Å². The quantitative estimate of drug-likeness (QED) is 0.790. The Balaban J connectivity index is 1.74. The van der Waals surface area contributed by atoms with Gasteiger partial charge >= 0.3 is 0 Å². The lowest BCUT2D eigenvalue weighted by molar-refractivity contribution is -0.131. The van der Waals surface area contributed by atoms with E-state index < -0.39 is 0 Å². The van der Waals surface area contributed by atoms with Gasteiger partial charge in [-0.25, -0.2) is 0 Å². The van der Waals surface area contributed by atoms with Crippen LogP contribution in [0.5, 0.6) is 11.5 Å². The third kappa shape index (κ3) is 4.25. The molecule has 3 rings (SSSR count). The number of ether oxygens (including phenoxy) is 2. The summed E-state index contributed by atoms with van der Waals surface area (Å²) in [4.78, 5) is 14.3. The molecule has 2 aromatic rings. The van der Waals surface area contributed by atoms with Gasteiger partial charge in [0.1, 0.15) is 19.0 Å². The highest BCUT2D eigenvalue weighted by atomic mass is 35.5. The van der Waals surface area contributed by atoms with Crippen molar-refractivity contribution in [3.05, 3.63) is 46.9 Å². The second-order valence-electron chi connectivity index (χ2n) is 5.58. The summed E-state index contributed by atoms with van der Waals surface area (Å²) < 4.78 is 16.3. The third-order valence-electron chi connectivity index (χ3n) is 3.78. The molecule has 0 bridgehead atoms. The molecule has 0 unspecified atom stereocenters. The predicted octanol–water partition coefficient (Wildman–Crippen LogP) is 3.19. The summed E-state index contributed by atoms with van der Waals surface area (Å²) in [6.45, 7) is 1.57. The number of carbonyl (C=O) groups is 1. The summed E-state index contributed by atoms with van der Waals surface area (Å²) in [5, 5.41) is 9.25. The van der Waals surface area contributed by atoms with E-state index in [1.807, 2.05) is 0 Å². The van der Waals surface area contributed by atoms with E-state index >= 15 is 0 Å². The van der Waals surface area contributed by atoms with E-state index in [1.54, 1.807) is 35.4 Å². The average Bonchev–Trinajstić information content (AvgIpc) is 3.11. The summed E-state index contributed by atoms with van der Waals surface area (Å²) >= 11 is 6.22. The number of benzene rings is 1. The Kier molecular flexibility index (Phi) is 5.46. The van der Waals surface area contributed by atoms with Crippen molar-refractivity contribution in [2.75, 3.05) is 19.8 Å². The molecule has 0 radical (unpaired) electrons. The second-order valence-corrected chi connectivity index (χ2v) is 5.99. The van der Waals surface area contributed by atoms with E-state index in [0.29, 0.717) is 48.6 Å². The molecular weight excluding hydrogens is 344 g/mol. The summed E-state index contributed by atoms with van der Waals surface area (Å²) in [5.74, 6) is 1.63. The Morgan fingerprint density at radius 3 is 2.92 bits per heavy atom. The molecule has 1 aliphatic heterocycles. The highest BCUT2D eigenvalue weighted by Gasteiger charge is 2.20. The smallest absolute Gasteiger partial charge is 0.227 e. The van der Waals surface area contributed by atoms with Crippen molar-refractivity contribution >= 4 is 17.5 Å². The lowest BCUT2D eigenvalue weighted by Gasteiger charge is -2.22. The highest BCUT2D eigenvalue weighted by Crippen LogP contribution is 2.38. The fourth-order valence-corrected chi connectivity index (χ4v) is 2.91. The molecule has 1 aromatic heterocycles. The summed E-state index contributed by atoms with van der Waals surface area (Å²) in [6.07, 6.45) is 1.97. The zero-order chi connectivity index (χ0) is 17.6. The third-order valence-corrected chi connectivity index (χ3v) is 4.07. The molecular formula is C18H17ClN2O4. The first kappa shape index (κ1) is 17.2. The molecule has 1 amide bonds. The van der Waals surface area contributed by atoms with Crippen LogP contribution in [0, 0.1) is 11.3 Å². The molecule has 1 aliphatic rings. The summed E-state index contributed by atoms with van der Waals surface area (Å²) in [6, 6.07) is 9.11. The van der Waals surface area contributed by atoms with Crippen LogP contribution in [0.1, 0.15) is 17.7 Å². The number of nitriles is 1. The standard InChI is InChI=1S/C18H17ClN2O4/c19-15-9-13(10-16-18(15)25-8-7-24-16)11-17(22)21(5-2-4-20)12-14-3-1-6-23-14/h1,3,6,9-10H,2,5,7-8,11-12H2. The first-order valence-electron chi connectivity index (χ1n) is 7.92. The normalized spacial score (nSPS) is 12.5. The summed E-state index contributed by atoms with van der Waals surface area (Å²) in [7, 11) is 0. The van der Waals surface area contributed by atoms with E-state index in [4.69, 9.17) is 30.8 Å². The van der Waals surface area contributed by atoms with E-state index in [0.717, 1.165) is 5.56 Å². The minimum Gasteiger partial charge on any atom is -0.486 e. The Bertz CT molecular complexity index is 783. The Morgan fingerprint density at radius 2 is 2.16 bits per heavy atom. The Hall–Kier alpha value is -2.65. The SMILES string of the molecule is N#CCCN(Cc1ccco1)C(=O)Cc1cc(Cl)c2c(c1)OCCO2. The number of amides is 1. The predicted molar refractivity (Wildman–Crippen MR) is 90.5 cm³/mol. The molecule has 0 saturated carbocycles. The van der Waals surface area contributed by atoms with Gasteiger partial charge in [-0.15, -0.1) is 0 Å². The number of fused-ring (bicyclic) bond motifs is 1.